The van der Waals surface area contributed by atoms with Gasteiger partial charge in [0.15, 0.2) is 17.9 Å². The fraction of sp³-hybridized carbons (Fsp3) is 1.00. The van der Waals surface area contributed by atoms with Crippen molar-refractivity contribution in [2.75, 3.05) is 0 Å². The van der Waals surface area contributed by atoms with Gasteiger partial charge >= 0.3 is 0 Å². The highest BCUT2D eigenvalue weighted by Crippen LogP contribution is 2.78. The molecular weight excluding hydrogens is 240 g/mol. The molecule has 1 aliphatic carbocycles. The zero-order chi connectivity index (χ0) is 11.2. The Morgan fingerprint density at radius 2 is 1.65 bits per heavy atom. The van der Waals surface area contributed by atoms with Gasteiger partial charge in [-0.1, -0.05) is 11.8 Å². The number of thioether (sulfide) groups is 1. The van der Waals surface area contributed by atoms with Crippen molar-refractivity contribution in [2.24, 2.45) is 29.6 Å². The molecule has 0 radical (unpaired) electrons. The molecule has 0 aromatic carbocycles. The first-order valence-corrected chi connectivity index (χ1v) is 7.42. The Labute approximate surface area is 103 Å². The predicted molar refractivity (Wildman–Crippen MR) is 57.6 cm³/mol. The minimum absolute atomic E-state index is 0.0244. The highest BCUT2D eigenvalue weighted by atomic mass is 32.2. The van der Waals surface area contributed by atoms with E-state index in [9.17, 15) is 0 Å². The smallest absolute Gasteiger partial charge is 0.175 e. The van der Waals surface area contributed by atoms with Crippen molar-refractivity contribution < 1.29 is 18.9 Å². The molecule has 92 valence electrons. The average Bonchev–Trinajstić information content (AvgIpc) is 2.90. The second-order valence-electron chi connectivity index (χ2n) is 6.53. The molecule has 10 atom stereocenters. The molecule has 0 unspecified atom stereocenters. The zero-order valence-corrected chi connectivity index (χ0v) is 10.5. The van der Waals surface area contributed by atoms with Crippen molar-refractivity contribution in [1.82, 2.24) is 0 Å². The lowest BCUT2D eigenvalue weighted by molar-refractivity contribution is -0.327. The third-order valence-electron chi connectivity index (χ3n) is 5.90. The summed E-state index contributed by atoms with van der Waals surface area (Å²) in [7, 11) is 0. The van der Waals surface area contributed by atoms with E-state index in [1.807, 2.05) is 11.8 Å². The molecule has 0 aromatic heterocycles. The molecule has 0 bridgehead atoms. The van der Waals surface area contributed by atoms with Crippen LogP contribution in [0.15, 0.2) is 0 Å². The van der Waals surface area contributed by atoms with Crippen LogP contribution in [0.1, 0.15) is 13.8 Å². The van der Waals surface area contributed by atoms with Gasteiger partial charge in [0.25, 0.3) is 0 Å². The Morgan fingerprint density at radius 1 is 0.882 bits per heavy atom. The van der Waals surface area contributed by atoms with E-state index in [0.717, 1.165) is 0 Å². The van der Waals surface area contributed by atoms with Gasteiger partial charge in [-0.05, 0) is 13.8 Å². The molecule has 0 amide bonds. The fourth-order valence-electron chi connectivity index (χ4n) is 5.71. The maximum Gasteiger partial charge on any atom is 0.175 e. The Morgan fingerprint density at radius 3 is 2.53 bits per heavy atom. The summed E-state index contributed by atoms with van der Waals surface area (Å²) in [4.78, 5) is 0. The van der Waals surface area contributed by atoms with Gasteiger partial charge in [-0.3, -0.25) is 0 Å². The van der Waals surface area contributed by atoms with Crippen LogP contribution in [0.25, 0.3) is 0 Å². The van der Waals surface area contributed by atoms with Crippen molar-refractivity contribution in [1.29, 1.82) is 0 Å². The molecule has 4 nitrogen and oxygen atoms in total. The van der Waals surface area contributed by atoms with E-state index < -0.39 is 11.6 Å². The highest BCUT2D eigenvalue weighted by molar-refractivity contribution is 8.00. The second-order valence-corrected chi connectivity index (χ2v) is 7.73. The van der Waals surface area contributed by atoms with Crippen molar-refractivity contribution in [3.8, 4) is 0 Å². The SMILES string of the molecule is C[C@]12O[C@H]3O[C@@H]4S[C@H]5O[C@@](C)(O1)[C@H]1[C@@H]5[C@H]4[C@@H]3[C@@H]12. The van der Waals surface area contributed by atoms with Gasteiger partial charge in [-0.15, -0.1) is 0 Å². The largest absolute Gasteiger partial charge is 0.338 e. The number of ether oxygens (including phenoxy) is 4. The van der Waals surface area contributed by atoms with E-state index in [-0.39, 0.29) is 11.7 Å². The van der Waals surface area contributed by atoms with Crippen LogP contribution in [0.4, 0.5) is 0 Å². The molecule has 6 fully saturated rings. The summed E-state index contributed by atoms with van der Waals surface area (Å²) in [6.45, 7) is 4.18. The molecule has 5 heteroatoms. The molecule has 5 saturated heterocycles. The third-order valence-corrected chi connectivity index (χ3v) is 7.27. The summed E-state index contributed by atoms with van der Waals surface area (Å²) in [5, 5.41) is 0. The van der Waals surface area contributed by atoms with Crippen LogP contribution >= 0.6 is 11.8 Å². The number of hydrogen-bond acceptors (Lipinski definition) is 5. The topological polar surface area (TPSA) is 36.9 Å². The Bertz CT molecular complexity index is 420. The molecule has 0 N–H and O–H groups in total. The highest BCUT2D eigenvalue weighted by Gasteiger charge is 2.84. The molecular formula is C12H14O4S. The summed E-state index contributed by atoms with van der Waals surface area (Å²) >= 11 is 1.85. The van der Waals surface area contributed by atoms with Crippen molar-refractivity contribution in [3.05, 3.63) is 0 Å². The van der Waals surface area contributed by atoms with Crippen molar-refractivity contribution in [2.45, 2.75) is 42.6 Å². The average molecular weight is 254 g/mol. The Kier molecular flexibility index (Phi) is 1.19. The molecule has 0 aromatic rings. The predicted octanol–water partition coefficient (Wildman–Crippen LogP) is 1.36. The Balaban J connectivity index is 1.66. The molecule has 5 heterocycles. The maximum absolute atomic E-state index is 6.20. The number of hydrogen-bond donors (Lipinski definition) is 0. The van der Waals surface area contributed by atoms with Gasteiger partial charge in [0, 0.05) is 29.6 Å². The Hall–Kier alpha value is 0.190. The zero-order valence-electron chi connectivity index (χ0n) is 9.66. The van der Waals surface area contributed by atoms with E-state index in [1.165, 1.54) is 0 Å². The van der Waals surface area contributed by atoms with Crippen LogP contribution in [-0.4, -0.2) is 28.7 Å². The lowest BCUT2D eigenvalue weighted by Crippen LogP contribution is -2.38. The van der Waals surface area contributed by atoms with Crippen LogP contribution in [0, 0.1) is 29.6 Å². The minimum atomic E-state index is -0.473. The first-order valence-electron chi connectivity index (χ1n) is 6.47. The summed E-state index contributed by atoms with van der Waals surface area (Å²) in [6.07, 6.45) is -0.0244. The van der Waals surface area contributed by atoms with Gasteiger partial charge < -0.3 is 18.9 Å². The van der Waals surface area contributed by atoms with E-state index in [1.54, 1.807) is 0 Å². The second kappa shape index (κ2) is 2.20. The summed E-state index contributed by atoms with van der Waals surface area (Å²) in [5.74, 6) is 1.91. The van der Waals surface area contributed by atoms with E-state index in [4.69, 9.17) is 18.9 Å². The summed E-state index contributed by atoms with van der Waals surface area (Å²) in [5.41, 5.74) is 0.593. The fourth-order valence-corrected chi connectivity index (χ4v) is 7.47. The molecule has 5 aliphatic heterocycles. The minimum Gasteiger partial charge on any atom is -0.338 e. The third kappa shape index (κ3) is 0.701. The van der Waals surface area contributed by atoms with Gasteiger partial charge in [0.05, 0.1) is 0 Å². The van der Waals surface area contributed by atoms with Crippen molar-refractivity contribution in [3.63, 3.8) is 0 Å². The normalized spacial score (nSPS) is 80.8. The molecule has 0 spiro atoms. The van der Waals surface area contributed by atoms with Gasteiger partial charge in [0.2, 0.25) is 0 Å². The van der Waals surface area contributed by atoms with Crippen LogP contribution < -0.4 is 0 Å². The molecule has 17 heavy (non-hydrogen) atoms. The molecule has 6 rings (SSSR count). The lowest BCUT2D eigenvalue weighted by atomic mass is 9.83. The molecule has 1 saturated carbocycles. The monoisotopic (exact) mass is 254 g/mol. The van der Waals surface area contributed by atoms with Crippen LogP contribution in [-0.2, 0) is 18.9 Å². The van der Waals surface area contributed by atoms with Crippen molar-refractivity contribution >= 4 is 11.8 Å². The quantitative estimate of drug-likeness (QED) is 0.652. The van der Waals surface area contributed by atoms with Gasteiger partial charge in [-0.25, -0.2) is 0 Å². The summed E-state index contributed by atoms with van der Waals surface area (Å²) < 4.78 is 24.5. The van der Waals surface area contributed by atoms with E-state index in [2.05, 4.69) is 13.8 Å². The molecule has 6 aliphatic rings. The standard InChI is InChI=1S/C12H14O4S/c1-11-6-4-3-5-7(6)12(2,16-11)15-10(5)17-9(3)13-8(4)14-11/h3-10H,1-2H3/t3-,4-,5+,6+,7+,8-,9-,10-,11+,12+/m1/s1. The summed E-state index contributed by atoms with van der Waals surface area (Å²) in [6, 6.07) is 0. The maximum atomic E-state index is 6.20. The first kappa shape index (κ1) is 9.15. The van der Waals surface area contributed by atoms with Crippen LogP contribution in [0.2, 0.25) is 0 Å². The van der Waals surface area contributed by atoms with E-state index >= 15 is 0 Å². The van der Waals surface area contributed by atoms with Gasteiger partial charge in [0.1, 0.15) is 10.9 Å². The van der Waals surface area contributed by atoms with E-state index in [0.29, 0.717) is 35.0 Å². The van der Waals surface area contributed by atoms with Crippen LogP contribution in [0.5, 0.6) is 0 Å². The lowest BCUT2D eigenvalue weighted by Gasteiger charge is -2.31. The first-order chi connectivity index (χ1) is 8.11. The van der Waals surface area contributed by atoms with Crippen LogP contribution in [0.3, 0.4) is 0 Å². The number of rotatable bonds is 0. The van der Waals surface area contributed by atoms with Gasteiger partial charge in [-0.2, -0.15) is 0 Å².